The van der Waals surface area contributed by atoms with Crippen molar-refractivity contribution in [2.75, 3.05) is 26.7 Å². The van der Waals surface area contributed by atoms with Crippen LogP contribution in [-0.4, -0.2) is 59.6 Å². The number of amides is 1. The van der Waals surface area contributed by atoms with Crippen molar-refractivity contribution in [3.63, 3.8) is 0 Å². The van der Waals surface area contributed by atoms with Crippen molar-refractivity contribution in [2.45, 2.75) is 37.8 Å². The van der Waals surface area contributed by atoms with Gasteiger partial charge in [0, 0.05) is 19.6 Å². The van der Waals surface area contributed by atoms with Crippen LogP contribution in [0.3, 0.4) is 0 Å². The number of rotatable bonds is 3. The SMILES string of the molecule is CN(C(=O)CN1CCC[C@H](O)C1)C1CC1. The third-order valence-corrected chi connectivity index (χ3v) is 3.33. The first-order valence-electron chi connectivity index (χ1n) is 5.83. The van der Waals surface area contributed by atoms with Crippen LogP contribution < -0.4 is 0 Å². The van der Waals surface area contributed by atoms with E-state index in [1.54, 1.807) is 0 Å². The molecule has 0 unspecified atom stereocenters. The molecule has 0 spiro atoms. The summed E-state index contributed by atoms with van der Waals surface area (Å²) in [5, 5.41) is 9.49. The van der Waals surface area contributed by atoms with Crippen LogP contribution in [0.5, 0.6) is 0 Å². The zero-order valence-electron chi connectivity index (χ0n) is 9.35. The van der Waals surface area contributed by atoms with Gasteiger partial charge < -0.3 is 10.0 Å². The molecule has 15 heavy (non-hydrogen) atoms. The van der Waals surface area contributed by atoms with E-state index in [0.29, 0.717) is 19.1 Å². The molecule has 2 aliphatic rings. The van der Waals surface area contributed by atoms with Gasteiger partial charge in [-0.15, -0.1) is 0 Å². The lowest BCUT2D eigenvalue weighted by molar-refractivity contribution is -0.132. The summed E-state index contributed by atoms with van der Waals surface area (Å²) in [5.41, 5.74) is 0. The van der Waals surface area contributed by atoms with Gasteiger partial charge in [-0.25, -0.2) is 0 Å². The number of hydrogen-bond donors (Lipinski definition) is 1. The van der Waals surface area contributed by atoms with Gasteiger partial charge in [0.1, 0.15) is 0 Å². The first kappa shape index (κ1) is 10.9. The van der Waals surface area contributed by atoms with E-state index < -0.39 is 0 Å². The summed E-state index contributed by atoms with van der Waals surface area (Å²) in [6, 6.07) is 0.493. The largest absolute Gasteiger partial charge is 0.392 e. The standard InChI is InChI=1S/C11H20N2O2/c1-12(9-4-5-9)11(15)8-13-6-2-3-10(14)7-13/h9-10,14H,2-8H2,1H3/t10-/m0/s1. The van der Waals surface area contributed by atoms with Crippen molar-refractivity contribution in [3.8, 4) is 0 Å². The summed E-state index contributed by atoms with van der Waals surface area (Å²) < 4.78 is 0. The third kappa shape index (κ3) is 2.92. The highest BCUT2D eigenvalue weighted by molar-refractivity contribution is 5.78. The maximum atomic E-state index is 11.8. The molecule has 0 bridgehead atoms. The number of aliphatic hydroxyl groups excluding tert-OH is 1. The molecule has 1 N–H and O–H groups in total. The molecule has 4 heteroatoms. The Bertz CT molecular complexity index is 241. The zero-order valence-corrected chi connectivity index (χ0v) is 9.35. The highest BCUT2D eigenvalue weighted by Gasteiger charge is 2.30. The lowest BCUT2D eigenvalue weighted by atomic mass is 10.1. The summed E-state index contributed by atoms with van der Waals surface area (Å²) in [6.45, 7) is 2.08. The fraction of sp³-hybridized carbons (Fsp3) is 0.909. The second-order valence-corrected chi connectivity index (χ2v) is 4.77. The van der Waals surface area contributed by atoms with Crippen LogP contribution >= 0.6 is 0 Å². The minimum atomic E-state index is -0.238. The first-order chi connectivity index (χ1) is 7.16. The molecule has 1 saturated heterocycles. The molecule has 4 nitrogen and oxygen atoms in total. The highest BCUT2D eigenvalue weighted by Crippen LogP contribution is 2.25. The molecular formula is C11H20N2O2. The van der Waals surface area contributed by atoms with E-state index in [9.17, 15) is 9.90 Å². The molecule has 1 aliphatic carbocycles. The monoisotopic (exact) mass is 212 g/mol. The fourth-order valence-corrected chi connectivity index (χ4v) is 2.14. The number of likely N-dealkylation sites (N-methyl/N-ethyl adjacent to an activating group) is 1. The lowest BCUT2D eigenvalue weighted by Crippen LogP contribution is -2.45. The highest BCUT2D eigenvalue weighted by atomic mass is 16.3. The number of carbonyl (C=O) groups excluding carboxylic acids is 1. The molecule has 0 aromatic heterocycles. The molecule has 1 atom stereocenters. The number of β-amino-alcohol motifs (C(OH)–C–C–N with tert-alkyl or cyclic N) is 1. The van der Waals surface area contributed by atoms with Crippen LogP contribution in [0.1, 0.15) is 25.7 Å². The topological polar surface area (TPSA) is 43.8 Å². The quantitative estimate of drug-likeness (QED) is 0.719. The van der Waals surface area contributed by atoms with Gasteiger partial charge in [0.05, 0.1) is 12.6 Å². The Kier molecular flexibility index (Phi) is 3.26. The van der Waals surface area contributed by atoms with Crippen molar-refractivity contribution in [3.05, 3.63) is 0 Å². The van der Waals surface area contributed by atoms with Crippen LogP contribution in [-0.2, 0) is 4.79 Å². The van der Waals surface area contributed by atoms with Gasteiger partial charge in [0.25, 0.3) is 0 Å². The van der Waals surface area contributed by atoms with Gasteiger partial charge in [-0.1, -0.05) is 0 Å². The number of aliphatic hydroxyl groups is 1. The molecule has 0 radical (unpaired) electrons. The van der Waals surface area contributed by atoms with E-state index in [-0.39, 0.29) is 12.0 Å². The van der Waals surface area contributed by atoms with E-state index in [1.807, 2.05) is 11.9 Å². The molecular weight excluding hydrogens is 192 g/mol. The van der Waals surface area contributed by atoms with Crippen molar-refractivity contribution in [2.24, 2.45) is 0 Å². The number of nitrogens with zero attached hydrogens (tertiary/aromatic N) is 2. The van der Waals surface area contributed by atoms with E-state index in [2.05, 4.69) is 4.90 Å². The zero-order chi connectivity index (χ0) is 10.8. The van der Waals surface area contributed by atoms with Crippen LogP contribution in [0.4, 0.5) is 0 Å². The summed E-state index contributed by atoms with van der Waals surface area (Å²) in [6.07, 6.45) is 3.96. The molecule has 1 aliphatic heterocycles. The second-order valence-electron chi connectivity index (χ2n) is 4.77. The molecule has 1 saturated carbocycles. The first-order valence-corrected chi connectivity index (χ1v) is 5.83. The van der Waals surface area contributed by atoms with Gasteiger partial charge in [-0.2, -0.15) is 0 Å². The Morgan fingerprint density at radius 2 is 2.20 bits per heavy atom. The minimum Gasteiger partial charge on any atom is -0.392 e. The van der Waals surface area contributed by atoms with Gasteiger partial charge in [0.15, 0.2) is 0 Å². The number of carbonyl (C=O) groups is 1. The number of likely N-dealkylation sites (tertiary alicyclic amines) is 1. The van der Waals surface area contributed by atoms with Crippen molar-refractivity contribution in [1.82, 2.24) is 9.80 Å². The smallest absolute Gasteiger partial charge is 0.236 e. The molecule has 2 rings (SSSR count). The molecule has 2 fully saturated rings. The lowest BCUT2D eigenvalue weighted by Gasteiger charge is -2.30. The van der Waals surface area contributed by atoms with E-state index in [0.717, 1.165) is 32.2 Å². The predicted molar refractivity (Wildman–Crippen MR) is 57.5 cm³/mol. The Labute approximate surface area is 90.9 Å². The second kappa shape index (κ2) is 4.49. The van der Waals surface area contributed by atoms with E-state index in [4.69, 9.17) is 0 Å². The van der Waals surface area contributed by atoms with Gasteiger partial charge in [-0.05, 0) is 32.2 Å². The van der Waals surface area contributed by atoms with Crippen molar-refractivity contribution in [1.29, 1.82) is 0 Å². The molecule has 0 aromatic rings. The number of piperidine rings is 1. The van der Waals surface area contributed by atoms with Gasteiger partial charge >= 0.3 is 0 Å². The Hall–Kier alpha value is -0.610. The summed E-state index contributed by atoms with van der Waals surface area (Å²) in [5.74, 6) is 0.201. The Balaban J connectivity index is 1.77. The molecule has 1 heterocycles. The predicted octanol–water partition coefficient (Wildman–Crippen LogP) is 0.0639. The fourth-order valence-electron chi connectivity index (χ4n) is 2.14. The molecule has 86 valence electrons. The Morgan fingerprint density at radius 1 is 1.47 bits per heavy atom. The Morgan fingerprint density at radius 3 is 2.80 bits per heavy atom. The van der Waals surface area contributed by atoms with Crippen LogP contribution in [0.25, 0.3) is 0 Å². The van der Waals surface area contributed by atoms with Gasteiger partial charge in [0.2, 0.25) is 5.91 Å². The van der Waals surface area contributed by atoms with Crippen LogP contribution in [0.2, 0.25) is 0 Å². The number of hydrogen-bond acceptors (Lipinski definition) is 3. The van der Waals surface area contributed by atoms with Crippen molar-refractivity contribution < 1.29 is 9.90 Å². The van der Waals surface area contributed by atoms with Gasteiger partial charge in [-0.3, -0.25) is 9.69 Å². The summed E-state index contributed by atoms with van der Waals surface area (Å²) in [4.78, 5) is 15.7. The minimum absolute atomic E-state index is 0.201. The van der Waals surface area contributed by atoms with E-state index >= 15 is 0 Å². The average molecular weight is 212 g/mol. The normalized spacial score (nSPS) is 27.7. The maximum absolute atomic E-state index is 11.8. The van der Waals surface area contributed by atoms with Crippen LogP contribution in [0.15, 0.2) is 0 Å². The average Bonchev–Trinajstić information content (AvgIpc) is 2.99. The molecule has 0 aromatic carbocycles. The van der Waals surface area contributed by atoms with E-state index in [1.165, 1.54) is 0 Å². The summed E-state index contributed by atoms with van der Waals surface area (Å²) in [7, 11) is 1.89. The maximum Gasteiger partial charge on any atom is 0.236 e. The van der Waals surface area contributed by atoms with Crippen molar-refractivity contribution >= 4 is 5.91 Å². The summed E-state index contributed by atoms with van der Waals surface area (Å²) >= 11 is 0. The third-order valence-electron chi connectivity index (χ3n) is 3.33. The van der Waals surface area contributed by atoms with Crippen LogP contribution in [0, 0.1) is 0 Å². The molecule has 1 amide bonds.